The normalized spacial score (nSPS) is 18.8. The summed E-state index contributed by atoms with van der Waals surface area (Å²) in [6, 6.07) is 6.73. The highest BCUT2D eigenvalue weighted by molar-refractivity contribution is 5.33. The highest BCUT2D eigenvalue weighted by atomic mass is 15.1. The molecule has 1 unspecified atom stereocenters. The lowest BCUT2D eigenvalue weighted by molar-refractivity contribution is 0.216. The van der Waals surface area contributed by atoms with Gasteiger partial charge < -0.3 is 10.6 Å². The van der Waals surface area contributed by atoms with E-state index in [1.165, 1.54) is 49.0 Å². The number of nitrogens with zero attached hydrogens (tertiary/aromatic N) is 1. The molecule has 1 aromatic rings. The zero-order valence-electron chi connectivity index (χ0n) is 11.8. The molecule has 1 atom stereocenters. The Kier molecular flexibility index (Phi) is 4.79. The minimum Gasteiger partial charge on any atom is -0.330 e. The van der Waals surface area contributed by atoms with E-state index in [1.807, 2.05) is 0 Å². The Labute approximate surface area is 111 Å². The van der Waals surface area contributed by atoms with E-state index in [-0.39, 0.29) is 0 Å². The van der Waals surface area contributed by atoms with Crippen LogP contribution in [0.1, 0.15) is 41.9 Å². The van der Waals surface area contributed by atoms with Crippen molar-refractivity contribution in [2.45, 2.75) is 39.0 Å². The fraction of sp³-hybridized carbons (Fsp3) is 0.625. The minimum absolute atomic E-state index is 0.489. The average Bonchev–Trinajstić information content (AvgIpc) is 2.40. The molecule has 2 heteroatoms. The number of nitrogens with two attached hydrogens (primary N) is 1. The van der Waals surface area contributed by atoms with Gasteiger partial charge in [0.2, 0.25) is 0 Å². The smallest absolute Gasteiger partial charge is 0.00915 e. The minimum atomic E-state index is 0.489. The molecule has 1 saturated heterocycles. The first-order valence-electron chi connectivity index (χ1n) is 7.20. The van der Waals surface area contributed by atoms with Gasteiger partial charge in [-0.2, -0.15) is 0 Å². The van der Waals surface area contributed by atoms with Gasteiger partial charge in [-0.05, 0) is 50.9 Å². The van der Waals surface area contributed by atoms with E-state index in [0.29, 0.717) is 5.92 Å². The van der Waals surface area contributed by atoms with Crippen molar-refractivity contribution < 1.29 is 0 Å². The Bertz CT molecular complexity index is 381. The second kappa shape index (κ2) is 6.35. The fourth-order valence-electron chi connectivity index (χ4n) is 2.95. The van der Waals surface area contributed by atoms with Crippen LogP contribution in [0.25, 0.3) is 0 Å². The second-order valence-electron chi connectivity index (χ2n) is 5.65. The van der Waals surface area contributed by atoms with Crippen LogP contribution in [-0.2, 0) is 0 Å². The van der Waals surface area contributed by atoms with Gasteiger partial charge in [0.15, 0.2) is 0 Å². The van der Waals surface area contributed by atoms with E-state index in [0.717, 1.165) is 13.1 Å². The Morgan fingerprint density at radius 3 is 2.56 bits per heavy atom. The predicted molar refractivity (Wildman–Crippen MR) is 78.0 cm³/mol. The number of likely N-dealkylation sites (tertiary alicyclic amines) is 1. The van der Waals surface area contributed by atoms with Gasteiger partial charge in [-0.3, -0.25) is 0 Å². The first-order chi connectivity index (χ1) is 8.70. The van der Waals surface area contributed by atoms with Crippen molar-refractivity contribution in [2.24, 2.45) is 5.73 Å². The summed E-state index contributed by atoms with van der Waals surface area (Å²) >= 11 is 0. The molecular formula is C16H26N2. The van der Waals surface area contributed by atoms with Crippen LogP contribution in [0, 0.1) is 13.8 Å². The van der Waals surface area contributed by atoms with Gasteiger partial charge in [0.1, 0.15) is 0 Å². The molecule has 1 fully saturated rings. The van der Waals surface area contributed by atoms with Crippen molar-refractivity contribution in [3.63, 3.8) is 0 Å². The van der Waals surface area contributed by atoms with Crippen LogP contribution >= 0.6 is 0 Å². The molecule has 0 radical (unpaired) electrons. The number of rotatable bonds is 4. The van der Waals surface area contributed by atoms with Gasteiger partial charge in [-0.15, -0.1) is 0 Å². The monoisotopic (exact) mass is 246 g/mol. The molecule has 0 amide bonds. The molecule has 0 spiro atoms. The number of hydrogen-bond donors (Lipinski definition) is 1. The predicted octanol–water partition coefficient (Wildman–Crippen LogP) is 2.83. The molecule has 0 saturated carbocycles. The molecule has 0 bridgehead atoms. The quantitative estimate of drug-likeness (QED) is 0.885. The van der Waals surface area contributed by atoms with E-state index in [9.17, 15) is 0 Å². The molecule has 0 aliphatic carbocycles. The molecule has 1 aliphatic rings. The van der Waals surface area contributed by atoms with E-state index < -0.39 is 0 Å². The van der Waals surface area contributed by atoms with E-state index >= 15 is 0 Å². The molecular weight excluding hydrogens is 220 g/mol. The second-order valence-corrected chi connectivity index (χ2v) is 5.65. The molecule has 100 valence electrons. The molecule has 2 rings (SSSR count). The maximum Gasteiger partial charge on any atom is 0.00915 e. The van der Waals surface area contributed by atoms with Crippen molar-refractivity contribution in [3.05, 3.63) is 34.9 Å². The lowest BCUT2D eigenvalue weighted by atomic mass is 9.92. The fourth-order valence-corrected chi connectivity index (χ4v) is 2.95. The summed E-state index contributed by atoms with van der Waals surface area (Å²) in [5, 5.41) is 0. The highest BCUT2D eigenvalue weighted by Crippen LogP contribution is 2.23. The summed E-state index contributed by atoms with van der Waals surface area (Å²) in [6.07, 6.45) is 4.10. The highest BCUT2D eigenvalue weighted by Gasteiger charge is 2.18. The molecule has 1 heterocycles. The lowest BCUT2D eigenvalue weighted by Crippen LogP contribution is -2.35. The maximum absolute atomic E-state index is 6.01. The third kappa shape index (κ3) is 3.33. The van der Waals surface area contributed by atoms with Crippen LogP contribution < -0.4 is 5.73 Å². The standard InChI is InChI=1S/C16H26N2/c1-13-6-7-14(2)16(10-13)15(11-17)12-18-8-4-3-5-9-18/h6-7,10,15H,3-5,8-9,11-12,17H2,1-2H3. The summed E-state index contributed by atoms with van der Waals surface area (Å²) in [6.45, 7) is 8.75. The first kappa shape index (κ1) is 13.6. The third-order valence-corrected chi connectivity index (χ3v) is 4.09. The van der Waals surface area contributed by atoms with E-state index in [1.54, 1.807) is 0 Å². The van der Waals surface area contributed by atoms with Gasteiger partial charge in [0, 0.05) is 19.0 Å². The molecule has 1 aromatic carbocycles. The Morgan fingerprint density at radius 2 is 1.89 bits per heavy atom. The molecule has 2 nitrogen and oxygen atoms in total. The van der Waals surface area contributed by atoms with E-state index in [4.69, 9.17) is 5.73 Å². The van der Waals surface area contributed by atoms with Crippen LogP contribution in [0.3, 0.4) is 0 Å². The molecule has 2 N–H and O–H groups in total. The molecule has 18 heavy (non-hydrogen) atoms. The Morgan fingerprint density at radius 1 is 1.17 bits per heavy atom. The van der Waals surface area contributed by atoms with Crippen LogP contribution in [-0.4, -0.2) is 31.1 Å². The summed E-state index contributed by atoms with van der Waals surface area (Å²) in [4.78, 5) is 2.59. The molecule has 1 aliphatic heterocycles. The SMILES string of the molecule is Cc1ccc(C)c(C(CN)CN2CCCCC2)c1. The third-order valence-electron chi connectivity index (χ3n) is 4.09. The van der Waals surface area contributed by atoms with Crippen molar-refractivity contribution in [1.29, 1.82) is 0 Å². The van der Waals surface area contributed by atoms with Gasteiger partial charge in [0.05, 0.1) is 0 Å². The topological polar surface area (TPSA) is 29.3 Å². The summed E-state index contributed by atoms with van der Waals surface area (Å²) in [5.41, 5.74) is 10.2. The van der Waals surface area contributed by atoms with E-state index in [2.05, 4.69) is 36.9 Å². The number of aryl methyl sites for hydroxylation is 2. The van der Waals surface area contributed by atoms with Crippen LogP contribution in [0.5, 0.6) is 0 Å². The van der Waals surface area contributed by atoms with Gasteiger partial charge in [-0.1, -0.05) is 30.2 Å². The van der Waals surface area contributed by atoms with Crippen LogP contribution in [0.4, 0.5) is 0 Å². The molecule has 0 aromatic heterocycles. The number of hydrogen-bond acceptors (Lipinski definition) is 2. The lowest BCUT2D eigenvalue weighted by Gasteiger charge is -2.30. The van der Waals surface area contributed by atoms with Crippen molar-refractivity contribution >= 4 is 0 Å². The number of piperidine rings is 1. The summed E-state index contributed by atoms with van der Waals surface area (Å²) < 4.78 is 0. The summed E-state index contributed by atoms with van der Waals surface area (Å²) in [5.74, 6) is 0.489. The van der Waals surface area contributed by atoms with Crippen molar-refractivity contribution in [3.8, 4) is 0 Å². The van der Waals surface area contributed by atoms with Crippen molar-refractivity contribution in [1.82, 2.24) is 4.90 Å². The number of benzene rings is 1. The van der Waals surface area contributed by atoms with Crippen molar-refractivity contribution in [2.75, 3.05) is 26.2 Å². The van der Waals surface area contributed by atoms with Gasteiger partial charge in [0.25, 0.3) is 0 Å². The van der Waals surface area contributed by atoms with Crippen LogP contribution in [0.15, 0.2) is 18.2 Å². The van der Waals surface area contributed by atoms with Crippen LogP contribution in [0.2, 0.25) is 0 Å². The van der Waals surface area contributed by atoms with Gasteiger partial charge in [-0.25, -0.2) is 0 Å². The Hall–Kier alpha value is -0.860. The zero-order chi connectivity index (χ0) is 13.0. The average molecular weight is 246 g/mol. The zero-order valence-corrected chi connectivity index (χ0v) is 11.8. The van der Waals surface area contributed by atoms with Gasteiger partial charge >= 0.3 is 0 Å². The maximum atomic E-state index is 6.01. The summed E-state index contributed by atoms with van der Waals surface area (Å²) in [7, 11) is 0. The first-order valence-corrected chi connectivity index (χ1v) is 7.20. The Balaban J connectivity index is 2.09. The largest absolute Gasteiger partial charge is 0.330 e.